The minimum Gasteiger partial charge on any atom is -0.460 e. The fourth-order valence-corrected chi connectivity index (χ4v) is 1.16. The van der Waals surface area contributed by atoms with Gasteiger partial charge in [0.05, 0.1) is 25.0 Å². The molecule has 0 aliphatic rings. The second-order valence-corrected chi connectivity index (χ2v) is 4.69. The van der Waals surface area contributed by atoms with Crippen molar-refractivity contribution in [1.82, 2.24) is 0 Å². The van der Waals surface area contributed by atoms with E-state index < -0.39 is 17.7 Å². The van der Waals surface area contributed by atoms with Crippen molar-refractivity contribution in [3.63, 3.8) is 0 Å². The molecule has 0 saturated carbocycles. The Labute approximate surface area is 101 Å². The summed E-state index contributed by atoms with van der Waals surface area (Å²) in [6.45, 7) is 5.17. The normalized spacial score (nSPS) is 12.2. The Morgan fingerprint density at radius 3 is 2.47 bits per heavy atom. The molecule has 1 atom stereocenters. The average Bonchev–Trinajstić information content (AvgIpc) is 2.13. The monoisotopic (exact) mass is 239 g/mol. The number of hydrogen-bond acceptors (Lipinski definition) is 5. The topological polar surface area (TPSA) is 87.4 Å². The minimum atomic E-state index is -0.945. The zero-order chi connectivity index (χ0) is 13.5. The number of carbonyl (C=O) groups excluding carboxylic acids is 2. The van der Waals surface area contributed by atoms with Crippen molar-refractivity contribution < 1.29 is 19.4 Å². The van der Waals surface area contributed by atoms with Gasteiger partial charge in [0.25, 0.3) is 0 Å². The van der Waals surface area contributed by atoms with Gasteiger partial charge in [-0.25, -0.2) is 4.79 Å². The van der Waals surface area contributed by atoms with Gasteiger partial charge in [-0.2, -0.15) is 5.26 Å². The van der Waals surface area contributed by atoms with E-state index >= 15 is 0 Å². The molecule has 5 heteroatoms. The smallest absolute Gasteiger partial charge is 0.311 e. The van der Waals surface area contributed by atoms with Gasteiger partial charge in [0.1, 0.15) is 11.5 Å². The lowest BCUT2D eigenvalue weighted by atomic mass is 10.0. The first-order chi connectivity index (χ1) is 7.78. The van der Waals surface area contributed by atoms with Crippen LogP contribution in [0.1, 0.15) is 40.0 Å². The Bertz CT molecular complexity index is 356. The van der Waals surface area contributed by atoms with Crippen LogP contribution in [0.25, 0.3) is 0 Å². The van der Waals surface area contributed by atoms with Gasteiger partial charge in [-0.05, 0) is 20.8 Å². The number of hydrogen-bond donors (Lipinski definition) is 1. The molecule has 0 aromatic rings. The lowest BCUT2D eigenvalue weighted by Gasteiger charge is -2.19. The first-order valence-electron chi connectivity index (χ1n) is 5.28. The molecule has 94 valence electrons. The number of aliphatic hydroxyl groups excluding tert-OH is 1. The summed E-state index contributed by atoms with van der Waals surface area (Å²) in [5.74, 6) is 1.06. The number of ether oxygens (including phenoxy) is 1. The van der Waals surface area contributed by atoms with Crippen molar-refractivity contribution in [2.75, 3.05) is 0 Å². The van der Waals surface area contributed by atoms with Crippen molar-refractivity contribution in [3.8, 4) is 6.07 Å². The largest absolute Gasteiger partial charge is 0.460 e. The van der Waals surface area contributed by atoms with Crippen LogP contribution in [0.5, 0.6) is 0 Å². The summed E-state index contributed by atoms with van der Waals surface area (Å²) in [7, 11) is 0. The Balaban J connectivity index is 4.30. The Hall–Kier alpha value is -1.63. The van der Waals surface area contributed by atoms with E-state index in [2.05, 4.69) is 0 Å². The van der Waals surface area contributed by atoms with E-state index in [1.54, 1.807) is 32.8 Å². The third-order valence-electron chi connectivity index (χ3n) is 1.73. The first-order valence-corrected chi connectivity index (χ1v) is 5.28. The molecule has 0 bridgehead atoms. The highest BCUT2D eigenvalue weighted by atomic mass is 16.6. The van der Waals surface area contributed by atoms with Crippen molar-refractivity contribution >= 4 is 11.9 Å². The Morgan fingerprint density at radius 1 is 1.47 bits per heavy atom. The summed E-state index contributed by atoms with van der Waals surface area (Å²) in [6, 6.07) is 1.78. The van der Waals surface area contributed by atoms with Crippen LogP contribution in [0.2, 0.25) is 0 Å². The molecule has 0 fully saturated rings. The summed E-state index contributed by atoms with van der Waals surface area (Å²) < 4.78 is 5.03. The summed E-state index contributed by atoms with van der Waals surface area (Å²) >= 11 is 0. The predicted molar refractivity (Wildman–Crippen MR) is 60.5 cm³/mol. The maximum Gasteiger partial charge on any atom is 0.311 e. The van der Waals surface area contributed by atoms with E-state index in [0.717, 1.165) is 0 Å². The van der Waals surface area contributed by atoms with Gasteiger partial charge in [-0.15, -0.1) is 0 Å². The molecule has 0 aliphatic carbocycles. The van der Waals surface area contributed by atoms with Gasteiger partial charge < -0.3 is 9.84 Å². The first kappa shape index (κ1) is 15.4. The van der Waals surface area contributed by atoms with Gasteiger partial charge in [-0.3, -0.25) is 4.79 Å². The van der Waals surface area contributed by atoms with Crippen LogP contribution in [0.3, 0.4) is 0 Å². The minimum absolute atomic E-state index is 0.0314. The Morgan fingerprint density at radius 2 is 2.06 bits per heavy atom. The molecule has 0 saturated heterocycles. The second-order valence-electron chi connectivity index (χ2n) is 4.69. The van der Waals surface area contributed by atoms with Crippen molar-refractivity contribution in [1.29, 1.82) is 5.26 Å². The molecule has 0 aliphatic heterocycles. The molecule has 0 aromatic carbocycles. The van der Waals surface area contributed by atoms with Crippen molar-refractivity contribution in [2.45, 2.75) is 51.7 Å². The fraction of sp³-hybridized carbons (Fsp3) is 0.667. The molecule has 0 radical (unpaired) electrons. The molecule has 5 nitrogen and oxygen atoms in total. The zero-order valence-corrected chi connectivity index (χ0v) is 10.3. The molecule has 0 heterocycles. The molecule has 0 amide bonds. The molecule has 0 aromatic heterocycles. The standard InChI is InChI=1S/C12H17NO4/c1-12(2,3)17-11(16)7-9(8-14)6-10(15)4-5-13/h10,15H,4,6-7H2,1-3H3/t10-/m1/s1. The summed E-state index contributed by atoms with van der Waals surface area (Å²) in [5, 5.41) is 17.7. The summed E-state index contributed by atoms with van der Waals surface area (Å²) in [6.07, 6.45) is -1.27. The SMILES string of the molecule is CC(C)(C)OC(=O)CC(=C=O)C[C@H](O)CC#N. The predicted octanol–water partition coefficient (Wildman–Crippen LogP) is 1.14. The van der Waals surface area contributed by atoms with Gasteiger partial charge in [-0.1, -0.05) is 0 Å². The van der Waals surface area contributed by atoms with Crippen LogP contribution >= 0.6 is 0 Å². The van der Waals surface area contributed by atoms with E-state index in [1.165, 1.54) is 0 Å². The highest BCUT2D eigenvalue weighted by Crippen LogP contribution is 2.14. The lowest BCUT2D eigenvalue weighted by Crippen LogP contribution is -2.24. The van der Waals surface area contributed by atoms with Crippen LogP contribution in [0, 0.1) is 11.3 Å². The second kappa shape index (κ2) is 6.85. The molecule has 1 N–H and O–H groups in total. The van der Waals surface area contributed by atoms with E-state index in [0.29, 0.717) is 0 Å². The highest BCUT2D eigenvalue weighted by Gasteiger charge is 2.19. The van der Waals surface area contributed by atoms with Crippen LogP contribution in [0.15, 0.2) is 5.57 Å². The molecule has 0 rings (SSSR count). The lowest BCUT2D eigenvalue weighted by molar-refractivity contribution is -0.153. The number of nitrogens with zero attached hydrogens (tertiary/aromatic N) is 1. The van der Waals surface area contributed by atoms with Gasteiger partial charge >= 0.3 is 5.97 Å². The highest BCUT2D eigenvalue weighted by molar-refractivity contribution is 5.76. The van der Waals surface area contributed by atoms with Crippen LogP contribution in [0.4, 0.5) is 0 Å². The van der Waals surface area contributed by atoms with Gasteiger partial charge in [0, 0.05) is 12.0 Å². The molecule has 17 heavy (non-hydrogen) atoms. The quantitative estimate of drug-likeness (QED) is 0.574. The van der Waals surface area contributed by atoms with Crippen molar-refractivity contribution in [2.24, 2.45) is 0 Å². The number of rotatable bonds is 5. The molecular formula is C12H17NO4. The van der Waals surface area contributed by atoms with Crippen LogP contribution < -0.4 is 0 Å². The number of nitriles is 1. The van der Waals surface area contributed by atoms with E-state index in [9.17, 15) is 14.7 Å². The maximum atomic E-state index is 11.4. The van der Waals surface area contributed by atoms with E-state index in [1.807, 2.05) is 0 Å². The van der Waals surface area contributed by atoms with Crippen LogP contribution in [-0.2, 0) is 14.3 Å². The fourth-order valence-electron chi connectivity index (χ4n) is 1.16. The summed E-state index contributed by atoms with van der Waals surface area (Å²) in [5.41, 5.74) is -0.502. The van der Waals surface area contributed by atoms with Gasteiger partial charge in [0.2, 0.25) is 0 Å². The number of aliphatic hydroxyl groups is 1. The zero-order valence-electron chi connectivity index (χ0n) is 10.3. The molecular weight excluding hydrogens is 222 g/mol. The van der Waals surface area contributed by atoms with E-state index in [4.69, 9.17) is 10.00 Å². The third-order valence-corrected chi connectivity index (χ3v) is 1.73. The number of carbonyl (C=O) groups is 1. The summed E-state index contributed by atoms with van der Waals surface area (Å²) in [4.78, 5) is 22.0. The maximum absolute atomic E-state index is 11.4. The van der Waals surface area contributed by atoms with Gasteiger partial charge in [0.15, 0.2) is 0 Å². The average molecular weight is 239 g/mol. The van der Waals surface area contributed by atoms with Crippen molar-refractivity contribution in [3.05, 3.63) is 5.57 Å². The number of esters is 1. The Kier molecular flexibility index (Phi) is 6.19. The van der Waals surface area contributed by atoms with Crippen LogP contribution in [-0.4, -0.2) is 28.7 Å². The molecule has 0 unspecified atom stereocenters. The van der Waals surface area contributed by atoms with E-state index in [-0.39, 0.29) is 24.8 Å². The third kappa shape index (κ3) is 8.21. The molecule has 0 spiro atoms.